The molecule has 0 radical (unpaired) electrons. The molecule has 130 valence electrons. The fourth-order valence-corrected chi connectivity index (χ4v) is 4.42. The molecule has 0 aromatic carbocycles. The predicted molar refractivity (Wildman–Crippen MR) is 95.0 cm³/mol. The van der Waals surface area contributed by atoms with Crippen LogP contribution in [0.1, 0.15) is 50.1 Å². The highest BCUT2D eigenvalue weighted by molar-refractivity contribution is 7.99. The van der Waals surface area contributed by atoms with Gasteiger partial charge >= 0.3 is 6.03 Å². The van der Waals surface area contributed by atoms with Gasteiger partial charge in [0.25, 0.3) is 0 Å². The van der Waals surface area contributed by atoms with Crippen molar-refractivity contribution in [3.63, 3.8) is 0 Å². The molecule has 1 heterocycles. The van der Waals surface area contributed by atoms with E-state index in [-0.39, 0.29) is 12.1 Å². The molecule has 0 spiro atoms. The standard InChI is InChI=1S/C17H29N3O2S/c1-6-23-15-8-7-14(10-15)20(5)17(21)18-11(2)9-16-12(3)19-22-13(16)4/h11,14-15H,6-10H2,1-5H3,(H,18,21)/t11-,14+,15-/m1/s1. The highest BCUT2D eigenvalue weighted by Gasteiger charge is 2.30. The quantitative estimate of drug-likeness (QED) is 0.861. The van der Waals surface area contributed by atoms with Gasteiger partial charge in [0, 0.05) is 29.9 Å². The zero-order valence-corrected chi connectivity index (χ0v) is 15.7. The van der Waals surface area contributed by atoms with E-state index in [0.717, 1.165) is 42.0 Å². The Labute approximate surface area is 143 Å². The molecule has 1 aromatic rings. The number of hydrogen-bond donors (Lipinski definition) is 1. The number of thioether (sulfide) groups is 1. The van der Waals surface area contributed by atoms with Gasteiger partial charge in [-0.15, -0.1) is 0 Å². The lowest BCUT2D eigenvalue weighted by Gasteiger charge is -2.27. The van der Waals surface area contributed by atoms with E-state index in [1.54, 1.807) is 0 Å². The predicted octanol–water partition coefficient (Wildman–Crippen LogP) is 3.54. The molecule has 0 unspecified atom stereocenters. The van der Waals surface area contributed by atoms with Gasteiger partial charge in [-0.1, -0.05) is 12.1 Å². The van der Waals surface area contributed by atoms with Crippen LogP contribution in [0.3, 0.4) is 0 Å². The van der Waals surface area contributed by atoms with Crippen molar-refractivity contribution in [2.45, 2.75) is 70.7 Å². The van der Waals surface area contributed by atoms with Crippen LogP contribution in [0, 0.1) is 13.8 Å². The molecule has 1 N–H and O–H groups in total. The summed E-state index contributed by atoms with van der Waals surface area (Å²) in [6.45, 7) is 8.09. The number of hydrogen-bond acceptors (Lipinski definition) is 4. The van der Waals surface area contributed by atoms with Crippen LogP contribution < -0.4 is 5.32 Å². The third kappa shape index (κ3) is 4.66. The van der Waals surface area contributed by atoms with Gasteiger partial charge in [0.2, 0.25) is 0 Å². The summed E-state index contributed by atoms with van der Waals surface area (Å²) in [6.07, 6.45) is 4.19. The number of carbonyl (C=O) groups is 1. The highest BCUT2D eigenvalue weighted by Crippen LogP contribution is 2.32. The molecule has 23 heavy (non-hydrogen) atoms. The Morgan fingerprint density at radius 3 is 2.83 bits per heavy atom. The lowest BCUT2D eigenvalue weighted by molar-refractivity contribution is 0.187. The van der Waals surface area contributed by atoms with Crippen molar-refractivity contribution in [3.8, 4) is 0 Å². The number of rotatable bonds is 6. The van der Waals surface area contributed by atoms with Crippen molar-refractivity contribution >= 4 is 17.8 Å². The van der Waals surface area contributed by atoms with Gasteiger partial charge < -0.3 is 14.7 Å². The van der Waals surface area contributed by atoms with Crippen LogP contribution in [0.2, 0.25) is 0 Å². The first-order valence-corrected chi connectivity index (χ1v) is 9.53. The van der Waals surface area contributed by atoms with Crippen LogP contribution >= 0.6 is 11.8 Å². The van der Waals surface area contributed by atoms with Gasteiger partial charge in [0.1, 0.15) is 5.76 Å². The van der Waals surface area contributed by atoms with E-state index in [1.807, 2.05) is 44.5 Å². The molecule has 1 aliphatic carbocycles. The summed E-state index contributed by atoms with van der Waals surface area (Å²) in [5, 5.41) is 7.79. The molecule has 0 bridgehead atoms. The molecule has 1 fully saturated rings. The van der Waals surface area contributed by atoms with Gasteiger partial charge in [0.05, 0.1) is 5.69 Å². The summed E-state index contributed by atoms with van der Waals surface area (Å²) >= 11 is 2.02. The summed E-state index contributed by atoms with van der Waals surface area (Å²) in [7, 11) is 1.92. The Morgan fingerprint density at radius 1 is 1.48 bits per heavy atom. The Kier molecular flexibility index (Phi) is 6.39. The van der Waals surface area contributed by atoms with Crippen LogP contribution in [-0.2, 0) is 6.42 Å². The van der Waals surface area contributed by atoms with E-state index in [0.29, 0.717) is 11.3 Å². The monoisotopic (exact) mass is 339 g/mol. The largest absolute Gasteiger partial charge is 0.361 e. The summed E-state index contributed by atoms with van der Waals surface area (Å²) < 4.78 is 5.19. The Morgan fingerprint density at radius 2 is 2.22 bits per heavy atom. The maximum atomic E-state index is 12.5. The molecule has 2 amide bonds. The zero-order chi connectivity index (χ0) is 17.0. The summed E-state index contributed by atoms with van der Waals surface area (Å²) in [5.74, 6) is 1.99. The van der Waals surface area contributed by atoms with Gasteiger partial charge in [-0.2, -0.15) is 11.8 Å². The summed E-state index contributed by atoms with van der Waals surface area (Å²) in [4.78, 5) is 14.4. The molecule has 6 heteroatoms. The third-order valence-electron chi connectivity index (χ3n) is 4.69. The maximum absolute atomic E-state index is 12.5. The van der Waals surface area contributed by atoms with Crippen molar-refractivity contribution in [2.24, 2.45) is 0 Å². The van der Waals surface area contributed by atoms with E-state index in [1.165, 1.54) is 6.42 Å². The number of aryl methyl sites for hydroxylation is 2. The van der Waals surface area contributed by atoms with Gasteiger partial charge in [-0.25, -0.2) is 4.79 Å². The van der Waals surface area contributed by atoms with Crippen molar-refractivity contribution in [3.05, 3.63) is 17.0 Å². The lowest BCUT2D eigenvalue weighted by Crippen LogP contribution is -2.46. The topological polar surface area (TPSA) is 58.4 Å². The van der Waals surface area contributed by atoms with Gasteiger partial charge in [0.15, 0.2) is 0 Å². The molecular formula is C17H29N3O2S. The second-order valence-corrected chi connectivity index (χ2v) is 8.09. The minimum Gasteiger partial charge on any atom is -0.361 e. The van der Waals surface area contributed by atoms with E-state index in [2.05, 4.69) is 17.4 Å². The zero-order valence-electron chi connectivity index (χ0n) is 14.9. The number of nitrogens with zero attached hydrogens (tertiary/aromatic N) is 2. The summed E-state index contributed by atoms with van der Waals surface area (Å²) in [5.41, 5.74) is 2.01. The maximum Gasteiger partial charge on any atom is 0.317 e. The number of nitrogens with one attached hydrogen (secondary N) is 1. The van der Waals surface area contributed by atoms with Crippen molar-refractivity contribution in [1.82, 2.24) is 15.4 Å². The van der Waals surface area contributed by atoms with Crippen LogP contribution in [0.15, 0.2) is 4.52 Å². The normalized spacial score (nSPS) is 22.1. The number of amides is 2. The first kappa shape index (κ1) is 18.2. The first-order chi connectivity index (χ1) is 10.9. The fourth-order valence-electron chi connectivity index (χ4n) is 3.29. The van der Waals surface area contributed by atoms with Crippen LogP contribution in [-0.4, -0.2) is 46.2 Å². The number of carbonyl (C=O) groups excluding carboxylic acids is 1. The molecule has 1 aliphatic rings. The molecule has 5 nitrogen and oxygen atoms in total. The molecule has 0 aliphatic heterocycles. The van der Waals surface area contributed by atoms with Crippen molar-refractivity contribution in [2.75, 3.05) is 12.8 Å². The van der Waals surface area contributed by atoms with Crippen LogP contribution in [0.25, 0.3) is 0 Å². The van der Waals surface area contributed by atoms with E-state index in [9.17, 15) is 4.79 Å². The molecule has 3 atom stereocenters. The molecular weight excluding hydrogens is 310 g/mol. The van der Waals surface area contributed by atoms with Crippen molar-refractivity contribution < 1.29 is 9.32 Å². The smallest absolute Gasteiger partial charge is 0.317 e. The minimum atomic E-state index is 0.0245. The molecule has 0 saturated heterocycles. The van der Waals surface area contributed by atoms with Crippen LogP contribution in [0.5, 0.6) is 0 Å². The van der Waals surface area contributed by atoms with E-state index in [4.69, 9.17) is 4.52 Å². The van der Waals surface area contributed by atoms with E-state index >= 15 is 0 Å². The Hall–Kier alpha value is -1.17. The first-order valence-electron chi connectivity index (χ1n) is 8.49. The number of urea groups is 1. The minimum absolute atomic E-state index is 0.0245. The SMILES string of the molecule is CCS[C@@H]1CC[C@H](N(C)C(=O)N[C@H](C)Cc2c(C)noc2C)C1. The van der Waals surface area contributed by atoms with Gasteiger partial charge in [-0.05, 0) is 52.2 Å². The highest BCUT2D eigenvalue weighted by atomic mass is 32.2. The van der Waals surface area contributed by atoms with Crippen LogP contribution in [0.4, 0.5) is 4.79 Å². The Balaban J connectivity index is 1.84. The summed E-state index contributed by atoms with van der Waals surface area (Å²) in [6, 6.07) is 0.450. The second kappa shape index (κ2) is 8.08. The van der Waals surface area contributed by atoms with Gasteiger partial charge in [-0.3, -0.25) is 0 Å². The molecule has 2 rings (SSSR count). The fraction of sp³-hybridized carbons (Fsp3) is 0.765. The molecule has 1 aromatic heterocycles. The average molecular weight is 340 g/mol. The van der Waals surface area contributed by atoms with E-state index < -0.39 is 0 Å². The second-order valence-electron chi connectivity index (χ2n) is 6.51. The Bertz CT molecular complexity index is 512. The average Bonchev–Trinajstić information content (AvgIpc) is 3.09. The van der Waals surface area contributed by atoms with Crippen molar-refractivity contribution in [1.29, 1.82) is 0 Å². The molecule has 1 saturated carbocycles. The number of aromatic nitrogens is 1. The third-order valence-corrected chi connectivity index (χ3v) is 5.92. The lowest BCUT2D eigenvalue weighted by atomic mass is 10.1.